The van der Waals surface area contributed by atoms with Crippen molar-refractivity contribution in [3.8, 4) is 0 Å². The zero-order chi connectivity index (χ0) is 7.61. The monoisotopic (exact) mass is 250 g/mol. The van der Waals surface area contributed by atoms with Crippen LogP contribution in [0.5, 0.6) is 0 Å². The third kappa shape index (κ3) is 1.91. The molecule has 0 heterocycles. The lowest BCUT2D eigenvalue weighted by atomic mass is 10.0. The van der Waals surface area contributed by atoms with Crippen molar-refractivity contribution in [3.63, 3.8) is 0 Å². The number of hydrogen-bond acceptors (Lipinski definition) is 2. The molecule has 1 atom stereocenters. The molecule has 0 aromatic rings. The lowest BCUT2D eigenvalue weighted by molar-refractivity contribution is -0.105. The molecular weight excluding hydrogens is 243 g/mol. The van der Waals surface area contributed by atoms with Crippen LogP contribution in [0.1, 0.15) is 6.42 Å². The van der Waals surface area contributed by atoms with E-state index in [4.69, 9.17) is 0 Å². The first-order valence-electron chi connectivity index (χ1n) is 2.89. The molecule has 0 spiro atoms. The van der Waals surface area contributed by atoms with E-state index in [0.29, 0.717) is 12.0 Å². The van der Waals surface area contributed by atoms with Gasteiger partial charge in [0.15, 0.2) is 0 Å². The number of carbonyl (C=O) groups excluding carboxylic acids is 1. The second-order valence-corrected chi connectivity index (χ2v) is 4.08. The highest BCUT2D eigenvalue weighted by Gasteiger charge is 2.22. The SMILES string of the molecule is O=CC1=CC=CC(O)(I)C1. The largest absolute Gasteiger partial charge is 0.376 e. The average Bonchev–Trinajstić information content (AvgIpc) is 1.86. The Kier molecular flexibility index (Phi) is 2.25. The van der Waals surface area contributed by atoms with Crippen molar-refractivity contribution >= 4 is 28.9 Å². The highest BCUT2D eigenvalue weighted by Crippen LogP contribution is 2.27. The number of rotatable bonds is 1. The first kappa shape index (κ1) is 7.94. The van der Waals surface area contributed by atoms with Gasteiger partial charge in [0.25, 0.3) is 0 Å². The predicted molar refractivity (Wildman–Crippen MR) is 46.9 cm³/mol. The van der Waals surface area contributed by atoms with Gasteiger partial charge in [0.2, 0.25) is 0 Å². The summed E-state index contributed by atoms with van der Waals surface area (Å²) in [7, 11) is 0. The highest BCUT2D eigenvalue weighted by molar-refractivity contribution is 14.1. The molecule has 0 aromatic carbocycles. The first-order chi connectivity index (χ1) is 4.64. The molecule has 2 nitrogen and oxygen atoms in total. The summed E-state index contributed by atoms with van der Waals surface area (Å²) in [5.74, 6) is 0. The van der Waals surface area contributed by atoms with Gasteiger partial charge in [-0.3, -0.25) is 4.79 Å². The molecule has 1 rings (SSSR count). The number of aldehydes is 1. The van der Waals surface area contributed by atoms with Gasteiger partial charge in [-0.1, -0.05) is 12.2 Å². The molecule has 0 fully saturated rings. The van der Waals surface area contributed by atoms with Crippen LogP contribution >= 0.6 is 22.6 Å². The van der Waals surface area contributed by atoms with Crippen LogP contribution in [-0.2, 0) is 4.79 Å². The molecule has 1 unspecified atom stereocenters. The van der Waals surface area contributed by atoms with Gasteiger partial charge in [-0.25, -0.2) is 0 Å². The fourth-order valence-corrected chi connectivity index (χ4v) is 1.45. The van der Waals surface area contributed by atoms with E-state index < -0.39 is 3.61 Å². The average molecular weight is 250 g/mol. The van der Waals surface area contributed by atoms with Crippen LogP contribution in [0.2, 0.25) is 0 Å². The highest BCUT2D eigenvalue weighted by atomic mass is 127. The second-order valence-electron chi connectivity index (χ2n) is 2.21. The van der Waals surface area contributed by atoms with Gasteiger partial charge >= 0.3 is 0 Å². The van der Waals surface area contributed by atoms with Crippen molar-refractivity contribution in [2.24, 2.45) is 0 Å². The minimum absolute atomic E-state index is 0.410. The summed E-state index contributed by atoms with van der Waals surface area (Å²) < 4.78 is -0.858. The normalized spacial score (nSPS) is 31.6. The number of halogens is 1. The zero-order valence-corrected chi connectivity index (χ0v) is 7.41. The number of carbonyl (C=O) groups is 1. The van der Waals surface area contributed by atoms with Crippen molar-refractivity contribution in [2.75, 3.05) is 0 Å². The van der Waals surface area contributed by atoms with E-state index in [2.05, 4.69) is 0 Å². The lowest BCUT2D eigenvalue weighted by Gasteiger charge is -2.18. The Hall–Kier alpha value is -0.160. The molecule has 0 radical (unpaired) electrons. The van der Waals surface area contributed by atoms with Crippen molar-refractivity contribution in [1.29, 1.82) is 0 Å². The summed E-state index contributed by atoms with van der Waals surface area (Å²) in [5.41, 5.74) is 0.638. The van der Waals surface area contributed by atoms with Gasteiger partial charge in [0.05, 0.1) is 0 Å². The van der Waals surface area contributed by atoms with Crippen LogP contribution in [0.25, 0.3) is 0 Å². The Bertz CT molecular complexity index is 204. The summed E-state index contributed by atoms with van der Waals surface area (Å²) in [5, 5.41) is 9.38. The second kappa shape index (κ2) is 2.84. The van der Waals surface area contributed by atoms with Crippen LogP contribution < -0.4 is 0 Å². The van der Waals surface area contributed by atoms with E-state index >= 15 is 0 Å². The van der Waals surface area contributed by atoms with Crippen LogP contribution in [0.15, 0.2) is 23.8 Å². The minimum atomic E-state index is -0.858. The maximum absolute atomic E-state index is 10.2. The molecule has 0 aliphatic heterocycles. The number of aliphatic hydroxyl groups is 1. The van der Waals surface area contributed by atoms with Gasteiger partial charge in [-0.05, 0) is 34.2 Å². The van der Waals surface area contributed by atoms with Crippen LogP contribution in [0.4, 0.5) is 0 Å². The number of allylic oxidation sites excluding steroid dienone is 2. The predicted octanol–water partition coefficient (Wildman–Crippen LogP) is 1.20. The fourth-order valence-electron chi connectivity index (χ4n) is 0.804. The Morgan fingerprint density at radius 2 is 2.50 bits per heavy atom. The number of alkyl halides is 1. The maximum Gasteiger partial charge on any atom is 0.146 e. The van der Waals surface area contributed by atoms with Gasteiger partial charge in [0, 0.05) is 6.42 Å². The molecule has 54 valence electrons. The van der Waals surface area contributed by atoms with Gasteiger partial charge in [-0.15, -0.1) is 0 Å². The summed E-state index contributed by atoms with van der Waals surface area (Å²) in [6.45, 7) is 0. The van der Waals surface area contributed by atoms with E-state index in [1.54, 1.807) is 18.2 Å². The van der Waals surface area contributed by atoms with Gasteiger partial charge < -0.3 is 5.11 Å². The fraction of sp³-hybridized carbons (Fsp3) is 0.286. The van der Waals surface area contributed by atoms with E-state index in [0.717, 1.165) is 6.29 Å². The molecule has 0 saturated heterocycles. The third-order valence-electron chi connectivity index (χ3n) is 1.27. The molecule has 0 saturated carbocycles. The van der Waals surface area contributed by atoms with E-state index in [9.17, 15) is 9.90 Å². The summed E-state index contributed by atoms with van der Waals surface area (Å²) in [4.78, 5) is 10.2. The van der Waals surface area contributed by atoms with Crippen molar-refractivity contribution in [2.45, 2.75) is 10.0 Å². The van der Waals surface area contributed by atoms with E-state index in [-0.39, 0.29) is 0 Å². The molecule has 1 aliphatic carbocycles. The van der Waals surface area contributed by atoms with Crippen LogP contribution in [-0.4, -0.2) is 15.0 Å². The number of hydrogen-bond donors (Lipinski definition) is 1. The third-order valence-corrected chi connectivity index (χ3v) is 2.01. The topological polar surface area (TPSA) is 37.3 Å². The Morgan fingerprint density at radius 1 is 1.80 bits per heavy atom. The van der Waals surface area contributed by atoms with Crippen LogP contribution in [0, 0.1) is 0 Å². The molecule has 0 bridgehead atoms. The molecule has 0 aromatic heterocycles. The Balaban J connectivity index is 2.77. The summed E-state index contributed by atoms with van der Waals surface area (Å²) >= 11 is 1.90. The molecule has 1 N–H and O–H groups in total. The summed E-state index contributed by atoms with van der Waals surface area (Å²) in [6, 6.07) is 0. The molecular formula is C7H7IO2. The minimum Gasteiger partial charge on any atom is -0.376 e. The van der Waals surface area contributed by atoms with Gasteiger partial charge in [-0.2, -0.15) is 0 Å². The summed E-state index contributed by atoms with van der Waals surface area (Å²) in [6.07, 6.45) is 6.25. The van der Waals surface area contributed by atoms with Crippen molar-refractivity contribution in [1.82, 2.24) is 0 Å². The van der Waals surface area contributed by atoms with E-state index in [1.165, 1.54) is 0 Å². The van der Waals surface area contributed by atoms with Crippen molar-refractivity contribution in [3.05, 3.63) is 23.8 Å². The van der Waals surface area contributed by atoms with Crippen LogP contribution in [0.3, 0.4) is 0 Å². The van der Waals surface area contributed by atoms with E-state index in [1.807, 2.05) is 22.6 Å². The first-order valence-corrected chi connectivity index (χ1v) is 3.97. The van der Waals surface area contributed by atoms with Gasteiger partial charge in [0.1, 0.15) is 9.89 Å². The smallest absolute Gasteiger partial charge is 0.146 e. The zero-order valence-electron chi connectivity index (χ0n) is 5.25. The Labute approximate surface area is 72.8 Å². The standard InChI is InChI=1S/C7H7IO2/c8-7(10)3-1-2-6(4-7)5-9/h1-3,5,10H,4H2. The molecule has 0 amide bonds. The van der Waals surface area contributed by atoms with Crippen molar-refractivity contribution < 1.29 is 9.90 Å². The Morgan fingerprint density at radius 3 is 2.90 bits per heavy atom. The molecule has 3 heteroatoms. The quantitative estimate of drug-likeness (QED) is 0.431. The molecule has 1 aliphatic rings. The lowest BCUT2D eigenvalue weighted by Crippen LogP contribution is -2.19. The maximum atomic E-state index is 10.2. The molecule has 10 heavy (non-hydrogen) atoms.